The molecule has 0 saturated carbocycles. The molecule has 0 atom stereocenters. The smallest absolute Gasteiger partial charge is 0.146 e. The van der Waals surface area contributed by atoms with Crippen LogP contribution in [0.25, 0.3) is 22.3 Å². The van der Waals surface area contributed by atoms with Gasteiger partial charge < -0.3 is 9.30 Å². The lowest BCUT2D eigenvalue weighted by Crippen LogP contribution is -2.00. The van der Waals surface area contributed by atoms with Crippen LogP contribution < -0.4 is 4.74 Å². The Hall–Kier alpha value is -3.21. The normalized spacial score (nSPS) is 11.0. The van der Waals surface area contributed by atoms with Gasteiger partial charge in [0.2, 0.25) is 0 Å². The molecule has 5 heteroatoms. The summed E-state index contributed by atoms with van der Waals surface area (Å²) < 4.78 is 7.98. The van der Waals surface area contributed by atoms with Crippen molar-refractivity contribution in [2.45, 2.75) is 13.5 Å². The molecule has 0 saturated heterocycles. The number of aryl methyl sites for hydroxylation is 2. The molecule has 124 valence electrons. The Morgan fingerprint density at radius 2 is 2.04 bits per heavy atom. The van der Waals surface area contributed by atoms with Crippen molar-refractivity contribution in [3.05, 3.63) is 72.4 Å². The summed E-state index contributed by atoms with van der Waals surface area (Å²) in [7, 11) is 1.97. The van der Waals surface area contributed by atoms with E-state index in [4.69, 9.17) is 9.72 Å². The number of hydrogen-bond donors (Lipinski definition) is 0. The highest BCUT2D eigenvalue weighted by Gasteiger charge is 2.11. The van der Waals surface area contributed by atoms with Gasteiger partial charge in [0, 0.05) is 18.6 Å². The van der Waals surface area contributed by atoms with Crippen molar-refractivity contribution in [1.29, 1.82) is 0 Å². The van der Waals surface area contributed by atoms with Gasteiger partial charge in [0.25, 0.3) is 0 Å². The minimum atomic E-state index is 0.413. The van der Waals surface area contributed by atoms with E-state index in [1.807, 2.05) is 48.1 Å². The number of benzene rings is 1. The van der Waals surface area contributed by atoms with Gasteiger partial charge in [-0.3, -0.25) is 4.98 Å². The van der Waals surface area contributed by atoms with E-state index < -0.39 is 0 Å². The molecule has 4 aromatic rings. The summed E-state index contributed by atoms with van der Waals surface area (Å²) in [6, 6.07) is 13.9. The number of aromatic nitrogens is 4. The lowest BCUT2D eigenvalue weighted by molar-refractivity contribution is 0.304. The number of nitrogens with zero attached hydrogens (tertiary/aromatic N) is 4. The van der Waals surface area contributed by atoms with Crippen LogP contribution in [0.2, 0.25) is 0 Å². The molecule has 0 aliphatic rings. The summed E-state index contributed by atoms with van der Waals surface area (Å²) in [4.78, 5) is 13.3. The molecule has 0 aliphatic carbocycles. The van der Waals surface area contributed by atoms with Crippen LogP contribution in [0.4, 0.5) is 0 Å². The molecule has 0 amide bonds. The van der Waals surface area contributed by atoms with E-state index in [-0.39, 0.29) is 0 Å². The van der Waals surface area contributed by atoms with E-state index in [1.165, 1.54) is 0 Å². The fourth-order valence-electron chi connectivity index (χ4n) is 2.88. The zero-order valence-electron chi connectivity index (χ0n) is 14.2. The molecule has 4 rings (SSSR count). The fraction of sp³-hybridized carbons (Fsp3) is 0.150. The third-order valence-corrected chi connectivity index (χ3v) is 4.19. The molecule has 0 spiro atoms. The highest BCUT2D eigenvalue weighted by molar-refractivity contribution is 5.89. The van der Waals surface area contributed by atoms with Crippen LogP contribution >= 0.6 is 0 Å². The van der Waals surface area contributed by atoms with Gasteiger partial charge in [-0.2, -0.15) is 0 Å². The van der Waals surface area contributed by atoms with Crippen molar-refractivity contribution in [1.82, 2.24) is 19.5 Å². The Bertz CT molecular complexity index is 1020. The van der Waals surface area contributed by atoms with Crippen molar-refractivity contribution in [2.24, 2.45) is 7.05 Å². The lowest BCUT2D eigenvalue weighted by Gasteiger charge is -2.12. The Morgan fingerprint density at radius 1 is 1.12 bits per heavy atom. The molecule has 5 nitrogen and oxygen atoms in total. The van der Waals surface area contributed by atoms with Gasteiger partial charge >= 0.3 is 0 Å². The average Bonchev–Trinajstić information content (AvgIpc) is 3.07. The highest BCUT2D eigenvalue weighted by atomic mass is 16.5. The molecule has 0 fully saturated rings. The van der Waals surface area contributed by atoms with Gasteiger partial charge in [0.1, 0.15) is 17.9 Å². The topological polar surface area (TPSA) is 52.8 Å². The van der Waals surface area contributed by atoms with E-state index >= 15 is 0 Å². The van der Waals surface area contributed by atoms with Crippen molar-refractivity contribution >= 4 is 10.9 Å². The number of imidazole rings is 1. The number of hydrogen-bond acceptors (Lipinski definition) is 4. The Balaban J connectivity index is 1.77. The number of ether oxygens (including phenoxy) is 1. The van der Waals surface area contributed by atoms with Gasteiger partial charge in [-0.05, 0) is 36.8 Å². The zero-order valence-corrected chi connectivity index (χ0v) is 14.2. The minimum Gasteiger partial charge on any atom is -0.485 e. The molecule has 3 heterocycles. The second-order valence-electron chi connectivity index (χ2n) is 5.98. The van der Waals surface area contributed by atoms with E-state index in [9.17, 15) is 0 Å². The molecular formula is C20H18N4O. The van der Waals surface area contributed by atoms with E-state index in [0.717, 1.165) is 39.3 Å². The largest absolute Gasteiger partial charge is 0.485 e. The third kappa shape index (κ3) is 2.96. The first-order chi connectivity index (χ1) is 12.2. The molecule has 25 heavy (non-hydrogen) atoms. The Labute approximate surface area is 146 Å². The summed E-state index contributed by atoms with van der Waals surface area (Å²) in [5, 5.41) is 1.09. The van der Waals surface area contributed by atoms with Crippen LogP contribution in [-0.4, -0.2) is 19.5 Å². The highest BCUT2D eigenvalue weighted by Crippen LogP contribution is 2.30. The quantitative estimate of drug-likeness (QED) is 0.569. The molecule has 0 N–H and O–H groups in total. The number of rotatable bonds is 4. The lowest BCUT2D eigenvalue weighted by atomic mass is 10.1. The number of para-hydroxylation sites is 1. The SMILES string of the molecule is Cc1cc(-c2cncn2C)nc2c(OCc3ccccn3)cccc12. The summed E-state index contributed by atoms with van der Waals surface area (Å²) >= 11 is 0. The minimum absolute atomic E-state index is 0.413. The molecule has 0 radical (unpaired) electrons. The maximum Gasteiger partial charge on any atom is 0.146 e. The van der Waals surface area contributed by atoms with Crippen LogP contribution in [0.1, 0.15) is 11.3 Å². The molecule has 3 aromatic heterocycles. The predicted molar refractivity (Wildman–Crippen MR) is 97.3 cm³/mol. The average molecular weight is 330 g/mol. The second kappa shape index (κ2) is 6.36. The van der Waals surface area contributed by atoms with Crippen molar-refractivity contribution in [2.75, 3.05) is 0 Å². The van der Waals surface area contributed by atoms with Gasteiger partial charge in [0.15, 0.2) is 0 Å². The first-order valence-electron chi connectivity index (χ1n) is 8.12. The summed E-state index contributed by atoms with van der Waals surface area (Å²) in [6.07, 6.45) is 5.37. The first kappa shape index (κ1) is 15.3. The molecule has 0 aliphatic heterocycles. The molecule has 0 bridgehead atoms. The van der Waals surface area contributed by atoms with Gasteiger partial charge in [0.05, 0.1) is 29.6 Å². The standard InChI is InChI=1S/C20H18N4O/c1-14-10-17(18-11-21-13-24(18)2)23-20-16(14)7-5-8-19(20)25-12-15-6-3-4-9-22-15/h3-11,13H,12H2,1-2H3. The second-order valence-corrected chi connectivity index (χ2v) is 5.98. The van der Waals surface area contributed by atoms with Gasteiger partial charge in [-0.15, -0.1) is 0 Å². The third-order valence-electron chi connectivity index (χ3n) is 4.19. The summed E-state index contributed by atoms with van der Waals surface area (Å²) in [5.41, 5.74) is 4.77. The van der Waals surface area contributed by atoms with E-state index in [0.29, 0.717) is 6.61 Å². The van der Waals surface area contributed by atoms with Crippen LogP contribution in [0, 0.1) is 6.92 Å². The van der Waals surface area contributed by atoms with E-state index in [1.54, 1.807) is 12.5 Å². The first-order valence-corrected chi connectivity index (χ1v) is 8.12. The monoisotopic (exact) mass is 330 g/mol. The number of fused-ring (bicyclic) bond motifs is 1. The molecule has 1 aromatic carbocycles. The van der Waals surface area contributed by atoms with Crippen molar-refractivity contribution in [3.8, 4) is 17.1 Å². The fourth-order valence-corrected chi connectivity index (χ4v) is 2.88. The van der Waals surface area contributed by atoms with Crippen LogP contribution in [0.15, 0.2) is 61.2 Å². The zero-order chi connectivity index (χ0) is 17.2. The summed E-state index contributed by atoms with van der Waals surface area (Å²) in [5.74, 6) is 0.760. The van der Waals surface area contributed by atoms with Crippen LogP contribution in [0.5, 0.6) is 5.75 Å². The van der Waals surface area contributed by atoms with Gasteiger partial charge in [-0.1, -0.05) is 18.2 Å². The summed E-state index contributed by atoms with van der Waals surface area (Å²) in [6.45, 7) is 2.50. The maximum absolute atomic E-state index is 6.02. The Morgan fingerprint density at radius 3 is 2.80 bits per heavy atom. The van der Waals surface area contributed by atoms with Gasteiger partial charge in [-0.25, -0.2) is 9.97 Å². The van der Waals surface area contributed by atoms with Crippen LogP contribution in [0.3, 0.4) is 0 Å². The van der Waals surface area contributed by atoms with Crippen molar-refractivity contribution in [3.63, 3.8) is 0 Å². The predicted octanol–water partition coefficient (Wildman–Crippen LogP) is 3.92. The number of pyridine rings is 2. The van der Waals surface area contributed by atoms with Crippen molar-refractivity contribution < 1.29 is 4.74 Å². The molecular weight excluding hydrogens is 312 g/mol. The Kier molecular flexibility index (Phi) is 3.90. The van der Waals surface area contributed by atoms with Crippen LogP contribution in [-0.2, 0) is 13.7 Å². The molecule has 0 unspecified atom stereocenters. The van der Waals surface area contributed by atoms with E-state index in [2.05, 4.69) is 29.0 Å². The maximum atomic E-state index is 6.02.